The van der Waals surface area contributed by atoms with Gasteiger partial charge in [0.05, 0.1) is 21.9 Å². The van der Waals surface area contributed by atoms with E-state index in [1.54, 1.807) is 18.2 Å². The van der Waals surface area contributed by atoms with Crippen molar-refractivity contribution < 1.29 is 41.0 Å². The Balaban J connectivity index is 2.09. The van der Waals surface area contributed by atoms with E-state index in [2.05, 4.69) is 5.73 Å². The van der Waals surface area contributed by atoms with Crippen LogP contribution in [0.25, 0.3) is 0 Å². The predicted molar refractivity (Wildman–Crippen MR) is 126 cm³/mol. The van der Waals surface area contributed by atoms with E-state index in [0.717, 1.165) is 18.2 Å². The van der Waals surface area contributed by atoms with Crippen molar-refractivity contribution >= 4 is 39.4 Å². The average molecular weight is 548 g/mol. The second-order valence-electron chi connectivity index (χ2n) is 7.26. The fraction of sp³-hybridized carbons (Fsp3) is 0.174. The van der Waals surface area contributed by atoms with Gasteiger partial charge >= 0.3 is 12.1 Å². The standard InChI is InChI=1S/C23H19ClF3NO5S2/c1-2-34-33-20-13-19(18(24)12-21(20)35(30,31)17-6-4-3-5-7-17)32-16-9-14(10-22(28)29)8-15(11-16)23(25,26)27/h3-9,11-13H,2,10H2,1H3,(H2,28,29)/p+2. The first-order valence-electron chi connectivity index (χ1n) is 10.1. The fourth-order valence-corrected chi connectivity index (χ4v) is 5.23. The Labute approximate surface area is 209 Å². The number of hydrogen-bond acceptors (Lipinski definition) is 5. The maximum Gasteiger partial charge on any atom is 0.416 e. The zero-order chi connectivity index (χ0) is 25.8. The topological polar surface area (TPSA) is 97.3 Å². The zero-order valence-electron chi connectivity index (χ0n) is 18.3. The molecule has 0 aromatic heterocycles. The molecule has 3 aromatic carbocycles. The zero-order valence-corrected chi connectivity index (χ0v) is 20.8. The number of ether oxygens (including phenoxy) is 1. The summed E-state index contributed by atoms with van der Waals surface area (Å²) in [7, 11) is -4.02. The normalized spacial score (nSPS) is 11.8. The number of quaternary nitrogens is 1. The first-order chi connectivity index (χ1) is 16.4. The first kappa shape index (κ1) is 26.9. The van der Waals surface area contributed by atoms with Gasteiger partial charge < -0.3 is 4.74 Å². The highest BCUT2D eigenvalue weighted by atomic mass is 35.5. The van der Waals surface area contributed by atoms with Crippen LogP contribution in [0.5, 0.6) is 17.2 Å². The highest BCUT2D eigenvalue weighted by Gasteiger charge is 2.32. The highest BCUT2D eigenvalue weighted by molar-refractivity contribution is 7.91. The number of carbonyl (C=O) groups is 1. The molecule has 0 radical (unpaired) electrons. The molecule has 3 aromatic rings. The van der Waals surface area contributed by atoms with Gasteiger partial charge in [-0.25, -0.2) is 13.2 Å². The minimum absolute atomic E-state index is 0.0168. The fourth-order valence-electron chi connectivity index (χ4n) is 3.08. The number of rotatable bonds is 9. The van der Waals surface area contributed by atoms with Gasteiger partial charge in [0.25, 0.3) is 0 Å². The molecular weight excluding hydrogens is 527 g/mol. The van der Waals surface area contributed by atoms with Crippen LogP contribution in [0, 0.1) is 0 Å². The first-order valence-corrected chi connectivity index (χ1v) is 13.0. The molecule has 0 heterocycles. The Morgan fingerprint density at radius 1 is 1.06 bits per heavy atom. The smallest absolute Gasteiger partial charge is 0.416 e. The van der Waals surface area contributed by atoms with Crippen LogP contribution in [-0.2, 0) is 39.3 Å². The molecule has 0 aliphatic rings. The number of amides is 1. The van der Waals surface area contributed by atoms with Crippen molar-refractivity contribution in [2.24, 2.45) is 0 Å². The van der Waals surface area contributed by atoms with Crippen LogP contribution in [0.15, 0.2) is 70.5 Å². The maximum absolute atomic E-state index is 13.4. The van der Waals surface area contributed by atoms with Crippen LogP contribution in [0.2, 0.25) is 5.02 Å². The third-order valence-corrected chi connectivity index (χ3v) is 7.23. The van der Waals surface area contributed by atoms with E-state index < -0.39 is 27.5 Å². The molecule has 35 heavy (non-hydrogen) atoms. The molecule has 0 saturated carbocycles. The van der Waals surface area contributed by atoms with Gasteiger partial charge in [-0.3, -0.25) is 9.92 Å². The van der Waals surface area contributed by atoms with Gasteiger partial charge in [-0.05, 0) is 48.9 Å². The van der Waals surface area contributed by atoms with Gasteiger partial charge in [-0.15, -0.1) is 0 Å². The lowest BCUT2D eigenvalue weighted by Crippen LogP contribution is -2.57. The van der Waals surface area contributed by atoms with Crippen LogP contribution in [0.4, 0.5) is 13.2 Å². The number of halogens is 4. The molecule has 0 bridgehead atoms. The molecule has 3 rings (SSSR count). The summed E-state index contributed by atoms with van der Waals surface area (Å²) in [5, 5.41) is -0.160. The minimum Gasteiger partial charge on any atom is -0.456 e. The quantitative estimate of drug-likeness (QED) is 0.316. The van der Waals surface area contributed by atoms with Crippen molar-refractivity contribution in [3.63, 3.8) is 0 Å². The summed E-state index contributed by atoms with van der Waals surface area (Å²) in [6.45, 7) is 1.81. The van der Waals surface area contributed by atoms with Crippen LogP contribution in [0.1, 0.15) is 18.1 Å². The van der Waals surface area contributed by atoms with Crippen molar-refractivity contribution in [3.8, 4) is 17.2 Å². The summed E-state index contributed by atoms with van der Waals surface area (Å²) in [6, 6.07) is 12.8. The van der Waals surface area contributed by atoms with Gasteiger partial charge in [0, 0.05) is 6.07 Å². The summed E-state index contributed by atoms with van der Waals surface area (Å²) in [6.07, 6.45) is -5.02. The Morgan fingerprint density at radius 2 is 1.74 bits per heavy atom. The molecule has 0 spiro atoms. The summed E-state index contributed by atoms with van der Waals surface area (Å²) in [5.74, 6) is -0.462. The van der Waals surface area contributed by atoms with E-state index in [4.69, 9.17) is 20.5 Å². The molecule has 1 amide bonds. The molecule has 0 aliphatic heterocycles. The average Bonchev–Trinajstić information content (AvgIpc) is 2.78. The van der Waals surface area contributed by atoms with Gasteiger partial charge in [-0.1, -0.05) is 29.8 Å². The van der Waals surface area contributed by atoms with Gasteiger partial charge in [0.15, 0.2) is 12.0 Å². The molecule has 6 nitrogen and oxygen atoms in total. The molecular formula is C23H21ClF3NO5S2+2. The highest BCUT2D eigenvalue weighted by Crippen LogP contribution is 2.41. The summed E-state index contributed by atoms with van der Waals surface area (Å²) < 4.78 is 77.8. The molecule has 12 heteroatoms. The Kier molecular flexibility index (Phi) is 8.37. The van der Waals surface area contributed by atoms with E-state index in [1.807, 2.05) is 6.92 Å². The molecule has 186 valence electrons. The van der Waals surface area contributed by atoms with Gasteiger partial charge in [0.1, 0.15) is 22.1 Å². The van der Waals surface area contributed by atoms with Crippen molar-refractivity contribution in [1.29, 1.82) is 0 Å². The Morgan fingerprint density at radius 3 is 2.34 bits per heavy atom. The number of carbonyl (C=O) groups excluding carboxylic acids is 1. The largest absolute Gasteiger partial charge is 0.456 e. The van der Waals surface area contributed by atoms with Crippen LogP contribution in [0.3, 0.4) is 0 Å². The van der Waals surface area contributed by atoms with Crippen LogP contribution in [-0.4, -0.2) is 20.1 Å². The summed E-state index contributed by atoms with van der Waals surface area (Å²) in [4.78, 5) is 11.2. The number of alkyl halides is 3. The van der Waals surface area contributed by atoms with E-state index in [1.165, 1.54) is 24.3 Å². The number of hydrogen-bond donors (Lipinski definition) is 1. The van der Waals surface area contributed by atoms with Crippen LogP contribution >= 0.6 is 11.6 Å². The van der Waals surface area contributed by atoms with Crippen molar-refractivity contribution in [3.05, 3.63) is 76.8 Å². The van der Waals surface area contributed by atoms with E-state index in [0.29, 0.717) is 17.8 Å². The van der Waals surface area contributed by atoms with Crippen molar-refractivity contribution in [2.75, 3.05) is 5.75 Å². The molecule has 0 saturated heterocycles. The third kappa shape index (κ3) is 6.69. The van der Waals surface area contributed by atoms with Crippen LogP contribution < -0.4 is 14.7 Å². The lowest BCUT2D eigenvalue weighted by atomic mass is 10.1. The van der Waals surface area contributed by atoms with Crippen molar-refractivity contribution in [1.82, 2.24) is 0 Å². The Hall–Kier alpha value is -2.73. The van der Waals surface area contributed by atoms with Gasteiger partial charge in [-0.2, -0.15) is 13.2 Å². The third-order valence-electron chi connectivity index (χ3n) is 4.56. The van der Waals surface area contributed by atoms with E-state index in [9.17, 15) is 26.4 Å². The predicted octanol–water partition coefficient (Wildman–Crippen LogP) is 4.42. The molecule has 0 fully saturated rings. The lowest BCUT2D eigenvalue weighted by molar-refractivity contribution is -0.304. The van der Waals surface area contributed by atoms with Crippen molar-refractivity contribution in [2.45, 2.75) is 29.3 Å². The molecule has 0 unspecified atom stereocenters. The second kappa shape index (κ2) is 10.9. The summed E-state index contributed by atoms with van der Waals surface area (Å²) >= 11 is 6.74. The number of thiol groups is 1. The second-order valence-corrected chi connectivity index (χ2v) is 10.7. The summed E-state index contributed by atoms with van der Waals surface area (Å²) in [5.41, 5.74) is 2.22. The molecule has 0 atom stereocenters. The SMILES string of the molecule is CC[SH+]Oc1cc(Oc2cc(CC([NH3+])=O)cc(C(F)(F)F)c2)c(Cl)cc1S(=O)(=O)c1ccccc1. The Bertz CT molecular complexity index is 1330. The van der Waals surface area contributed by atoms with E-state index >= 15 is 0 Å². The number of benzene rings is 3. The maximum atomic E-state index is 13.4. The molecule has 0 aliphatic carbocycles. The monoisotopic (exact) mass is 547 g/mol. The minimum atomic E-state index is -4.69. The lowest BCUT2D eigenvalue weighted by Gasteiger charge is -2.15. The molecule has 3 N–H and O–H groups in total. The number of sulfone groups is 1. The van der Waals surface area contributed by atoms with E-state index in [-0.39, 0.29) is 44.0 Å². The van der Waals surface area contributed by atoms with Gasteiger partial charge in [0.2, 0.25) is 15.6 Å².